The van der Waals surface area contributed by atoms with Gasteiger partial charge in [-0.1, -0.05) is 30.3 Å². The van der Waals surface area contributed by atoms with Gasteiger partial charge in [-0.25, -0.2) is 4.79 Å². The van der Waals surface area contributed by atoms with Gasteiger partial charge in [0.15, 0.2) is 0 Å². The van der Waals surface area contributed by atoms with Gasteiger partial charge in [-0.2, -0.15) is 0 Å². The minimum Gasteiger partial charge on any atom is -0.461 e. The lowest BCUT2D eigenvalue weighted by atomic mass is 10.0. The predicted molar refractivity (Wildman–Crippen MR) is 149 cm³/mol. The van der Waals surface area contributed by atoms with Gasteiger partial charge in [-0.3, -0.25) is 19.2 Å². The maximum Gasteiger partial charge on any atom is 0.372 e. The molecule has 0 aliphatic heterocycles. The molecule has 0 aliphatic carbocycles. The van der Waals surface area contributed by atoms with E-state index in [0.29, 0.717) is 32.2 Å². The first-order valence-corrected chi connectivity index (χ1v) is 13.5. The van der Waals surface area contributed by atoms with Crippen LogP contribution < -0.4 is 21.3 Å². The van der Waals surface area contributed by atoms with Gasteiger partial charge in [0.2, 0.25) is 23.5 Å². The standard InChI is InChI=1S/C28H42N6O6/c1-19(2)40-28(39)26(14-13-24(37)18-32-29)34-27(38)25(12-8-9-15-30-20(3)35)31-17-23(33-21(4)36)16-22-10-6-5-7-11-22/h5-7,10-11,18-19,23,25-26,29,31H,8-9,12-17H2,1-4H3,(H2-,30,33,34,35,36,38)/p+1/t23?,25-,26-/m0/s1. The lowest BCUT2D eigenvalue weighted by molar-refractivity contribution is -0.152. The highest BCUT2D eigenvalue weighted by molar-refractivity contribution is 6.25. The zero-order chi connectivity index (χ0) is 29.9. The number of hydrogen-bond donors (Lipinski definition) is 5. The third-order valence-corrected chi connectivity index (χ3v) is 5.79. The smallest absolute Gasteiger partial charge is 0.372 e. The summed E-state index contributed by atoms with van der Waals surface area (Å²) in [4.78, 5) is 63.9. The number of carbonyl (C=O) groups excluding carboxylic acids is 5. The van der Waals surface area contributed by atoms with Gasteiger partial charge in [0.05, 0.1) is 22.5 Å². The summed E-state index contributed by atoms with van der Waals surface area (Å²) in [6.07, 6.45) is 2.51. The summed E-state index contributed by atoms with van der Waals surface area (Å²) in [7, 11) is 0. The monoisotopic (exact) mass is 559 g/mol. The summed E-state index contributed by atoms with van der Waals surface area (Å²) in [5.74, 6) is -1.89. The second-order valence-corrected chi connectivity index (χ2v) is 9.84. The van der Waals surface area contributed by atoms with Crippen molar-refractivity contribution in [1.29, 1.82) is 5.53 Å². The molecule has 0 saturated carbocycles. The van der Waals surface area contributed by atoms with E-state index >= 15 is 0 Å². The average Bonchev–Trinajstić information content (AvgIpc) is 2.87. The molecule has 5 N–H and O–H groups in total. The van der Waals surface area contributed by atoms with E-state index in [1.54, 1.807) is 13.8 Å². The number of rotatable bonds is 19. The van der Waals surface area contributed by atoms with Crippen LogP contribution in [0.5, 0.6) is 0 Å². The van der Waals surface area contributed by atoms with E-state index in [1.165, 1.54) is 13.8 Å². The van der Waals surface area contributed by atoms with Crippen LogP contribution in [0.2, 0.25) is 0 Å². The Balaban J connectivity index is 3.01. The third-order valence-electron chi connectivity index (χ3n) is 5.79. The summed E-state index contributed by atoms with van der Waals surface area (Å²) in [5, 5.41) is 11.6. The molecule has 12 nitrogen and oxygen atoms in total. The molecule has 0 saturated heterocycles. The van der Waals surface area contributed by atoms with Crippen molar-refractivity contribution in [1.82, 2.24) is 21.3 Å². The van der Waals surface area contributed by atoms with Gasteiger partial charge < -0.3 is 26.0 Å². The van der Waals surface area contributed by atoms with Crippen LogP contribution in [0.3, 0.4) is 0 Å². The zero-order valence-electron chi connectivity index (χ0n) is 23.8. The van der Waals surface area contributed by atoms with Crippen molar-refractivity contribution in [2.24, 2.45) is 0 Å². The van der Waals surface area contributed by atoms with Gasteiger partial charge in [0, 0.05) is 39.4 Å². The summed E-state index contributed by atoms with van der Waals surface area (Å²) in [6, 6.07) is 7.56. The molecule has 1 aromatic rings. The van der Waals surface area contributed by atoms with E-state index in [0.717, 1.165) is 11.8 Å². The second-order valence-electron chi connectivity index (χ2n) is 9.84. The molecule has 12 heteroatoms. The first-order valence-electron chi connectivity index (χ1n) is 13.5. The quantitative estimate of drug-likeness (QED) is 0.0553. The Labute approximate surface area is 235 Å². The van der Waals surface area contributed by atoms with Crippen molar-refractivity contribution < 1.29 is 33.5 Å². The first-order chi connectivity index (χ1) is 19.0. The molecule has 0 spiro atoms. The molecule has 1 aromatic carbocycles. The topological polar surface area (TPSA) is 181 Å². The van der Waals surface area contributed by atoms with Crippen molar-refractivity contribution in [3.63, 3.8) is 0 Å². The fourth-order valence-electron chi connectivity index (χ4n) is 3.97. The summed E-state index contributed by atoms with van der Waals surface area (Å²) >= 11 is 0. The minimum absolute atomic E-state index is 0.0140. The van der Waals surface area contributed by atoms with Crippen LogP contribution in [-0.4, -0.2) is 77.8 Å². The van der Waals surface area contributed by atoms with E-state index < -0.39 is 35.8 Å². The normalized spacial score (nSPS) is 12.8. The van der Waals surface area contributed by atoms with Gasteiger partial charge in [-0.15, -0.1) is 0 Å². The molecule has 1 unspecified atom stereocenters. The average molecular weight is 560 g/mol. The molecule has 0 aromatic heterocycles. The SMILES string of the molecule is CC(=O)NCCCC[C@H](NCC(Cc1ccccc1)NC(C)=O)C(=O)N[C@@H](CCC(=O)C=[N+]=N)C(=O)OC(C)C. The molecular formula is C28H43N6O6+. The molecule has 40 heavy (non-hydrogen) atoms. The molecule has 3 atom stereocenters. The largest absolute Gasteiger partial charge is 0.461 e. The molecule has 220 valence electrons. The number of Topliss-reactive ketones (excluding diaryl/α,β-unsaturated/α-hetero) is 1. The van der Waals surface area contributed by atoms with Crippen LogP contribution in [0.1, 0.15) is 65.4 Å². The molecule has 3 amide bonds. The number of amides is 3. The highest BCUT2D eigenvalue weighted by Crippen LogP contribution is 2.08. The second kappa shape index (κ2) is 19.2. The Bertz CT molecular complexity index is 1030. The van der Waals surface area contributed by atoms with Gasteiger partial charge in [0.1, 0.15) is 6.04 Å². The van der Waals surface area contributed by atoms with Gasteiger partial charge in [-0.05, 0) is 51.5 Å². The number of esters is 1. The van der Waals surface area contributed by atoms with E-state index in [4.69, 9.17) is 10.3 Å². The number of carbonyl (C=O) groups is 5. The van der Waals surface area contributed by atoms with Crippen molar-refractivity contribution in [3.8, 4) is 0 Å². The van der Waals surface area contributed by atoms with Crippen LogP contribution >= 0.6 is 0 Å². The van der Waals surface area contributed by atoms with Crippen molar-refractivity contribution in [2.75, 3.05) is 13.1 Å². The van der Waals surface area contributed by atoms with E-state index in [1.807, 2.05) is 30.3 Å². The van der Waals surface area contributed by atoms with Gasteiger partial charge >= 0.3 is 12.2 Å². The minimum atomic E-state index is -1.07. The fourth-order valence-corrected chi connectivity index (χ4v) is 3.97. The third kappa shape index (κ3) is 15.5. The number of hydrogen-bond acceptors (Lipinski definition) is 8. The highest BCUT2D eigenvalue weighted by Gasteiger charge is 2.28. The number of unbranched alkanes of at least 4 members (excludes halogenated alkanes) is 1. The maximum atomic E-state index is 13.4. The van der Waals surface area contributed by atoms with E-state index in [9.17, 15) is 24.0 Å². The fraction of sp³-hybridized carbons (Fsp3) is 0.571. The Hall–Kier alpha value is -3.89. The van der Waals surface area contributed by atoms with Crippen LogP contribution in [-0.2, 0) is 35.1 Å². The van der Waals surface area contributed by atoms with E-state index in [-0.39, 0.29) is 37.2 Å². The number of ether oxygens (including phenoxy) is 1. The molecule has 1 rings (SSSR count). The van der Waals surface area contributed by atoms with Gasteiger partial charge in [0.25, 0.3) is 0 Å². The molecule has 0 heterocycles. The van der Waals surface area contributed by atoms with Crippen molar-refractivity contribution in [3.05, 3.63) is 35.9 Å². The molecule has 0 fully saturated rings. The Morgan fingerprint density at radius 1 is 0.950 bits per heavy atom. The molecule has 0 bridgehead atoms. The van der Waals surface area contributed by atoms with Crippen LogP contribution in [0, 0.1) is 5.53 Å². The Morgan fingerprint density at radius 3 is 2.25 bits per heavy atom. The molecule has 0 aliphatic rings. The lowest BCUT2D eigenvalue weighted by Gasteiger charge is -2.25. The summed E-state index contributed by atoms with van der Waals surface area (Å²) in [6.45, 7) is 6.99. The van der Waals surface area contributed by atoms with Crippen molar-refractivity contribution >= 4 is 35.7 Å². The Morgan fingerprint density at radius 2 is 1.65 bits per heavy atom. The van der Waals surface area contributed by atoms with Crippen molar-refractivity contribution in [2.45, 2.75) is 90.4 Å². The number of benzene rings is 1. The number of nitrogens with zero attached hydrogens (tertiary/aromatic N) is 1. The zero-order valence-corrected chi connectivity index (χ0v) is 23.8. The molecule has 0 radical (unpaired) electrons. The summed E-state index contributed by atoms with van der Waals surface area (Å²) in [5.41, 5.74) is 7.83. The lowest BCUT2D eigenvalue weighted by Crippen LogP contribution is -2.53. The first kappa shape index (κ1) is 34.1. The van der Waals surface area contributed by atoms with E-state index in [2.05, 4.69) is 26.1 Å². The Kier molecular flexibility index (Phi) is 16.4. The van der Waals surface area contributed by atoms with Crippen LogP contribution in [0.25, 0.3) is 0 Å². The van der Waals surface area contributed by atoms with Crippen LogP contribution in [0.4, 0.5) is 0 Å². The summed E-state index contributed by atoms with van der Waals surface area (Å²) < 4.78 is 5.29. The maximum absolute atomic E-state index is 13.4. The number of ketones is 1. The van der Waals surface area contributed by atoms with Crippen LogP contribution in [0.15, 0.2) is 30.3 Å². The number of nitrogens with one attached hydrogen (secondary N) is 5. The molecular weight excluding hydrogens is 516 g/mol. The highest BCUT2D eigenvalue weighted by atomic mass is 16.5. The predicted octanol–water partition coefficient (Wildman–Crippen LogP) is 1.09.